The van der Waals surface area contributed by atoms with Crippen molar-refractivity contribution in [3.05, 3.63) is 40.4 Å². The van der Waals surface area contributed by atoms with Crippen LogP contribution in [0.1, 0.15) is 50.7 Å². The number of halogens is 1. The van der Waals surface area contributed by atoms with E-state index in [0.29, 0.717) is 0 Å². The number of rotatable bonds is 6. The Hall–Kier alpha value is -0.560. The fourth-order valence-corrected chi connectivity index (χ4v) is 2.52. The summed E-state index contributed by atoms with van der Waals surface area (Å²) in [5.74, 6) is 0.737. The van der Waals surface area contributed by atoms with Crippen molar-refractivity contribution in [3.8, 4) is 0 Å². The summed E-state index contributed by atoms with van der Waals surface area (Å²) in [7, 11) is 0. The summed E-state index contributed by atoms with van der Waals surface area (Å²) < 4.78 is 1.14. The Bertz CT molecular complexity index is 379. The van der Waals surface area contributed by atoms with Crippen molar-refractivity contribution in [2.75, 3.05) is 0 Å². The van der Waals surface area contributed by atoms with Gasteiger partial charge in [-0.05, 0) is 48.1 Å². The zero-order valence-corrected chi connectivity index (χ0v) is 12.8. The van der Waals surface area contributed by atoms with Gasteiger partial charge in [-0.15, -0.1) is 0 Å². The second-order valence-corrected chi connectivity index (χ2v) is 5.93. The predicted octanol–water partition coefficient (Wildman–Crippen LogP) is 5.99. The molecule has 1 heteroatoms. The van der Waals surface area contributed by atoms with E-state index >= 15 is 0 Å². The molecule has 0 N–H and O–H groups in total. The van der Waals surface area contributed by atoms with Crippen LogP contribution in [-0.2, 0) is 0 Å². The van der Waals surface area contributed by atoms with Gasteiger partial charge in [-0.25, -0.2) is 0 Å². The number of hydrogen-bond donors (Lipinski definition) is 0. The van der Waals surface area contributed by atoms with Crippen LogP contribution in [0.15, 0.2) is 29.3 Å². The fraction of sp³-hybridized carbons (Fsp3) is 0.500. The highest BCUT2D eigenvalue weighted by molar-refractivity contribution is 9.10. The molecule has 94 valence electrons. The fourth-order valence-electron chi connectivity index (χ4n) is 2.16. The van der Waals surface area contributed by atoms with E-state index in [1.54, 1.807) is 0 Å². The molecule has 0 aliphatic heterocycles. The highest BCUT2D eigenvalue weighted by Crippen LogP contribution is 2.28. The van der Waals surface area contributed by atoms with Crippen molar-refractivity contribution in [1.82, 2.24) is 0 Å². The standard InChI is InChI=1S/C16H23Br/c1-5-6-7-12(2)10-14(4)16-11-15(17)9-8-13(16)3/h8-9,11-12H,4-7,10H2,1-3H3. The number of benzene rings is 1. The van der Waals surface area contributed by atoms with E-state index in [-0.39, 0.29) is 0 Å². The van der Waals surface area contributed by atoms with Crippen LogP contribution < -0.4 is 0 Å². The molecule has 1 aromatic rings. The van der Waals surface area contributed by atoms with E-state index in [9.17, 15) is 0 Å². The van der Waals surface area contributed by atoms with Crippen LogP contribution in [0, 0.1) is 12.8 Å². The number of allylic oxidation sites excluding steroid dienone is 1. The van der Waals surface area contributed by atoms with Gasteiger partial charge in [0.2, 0.25) is 0 Å². The van der Waals surface area contributed by atoms with E-state index in [2.05, 4.69) is 61.5 Å². The molecule has 0 fully saturated rings. The van der Waals surface area contributed by atoms with Gasteiger partial charge in [-0.2, -0.15) is 0 Å². The first-order chi connectivity index (χ1) is 8.04. The first kappa shape index (κ1) is 14.5. The molecule has 1 aromatic carbocycles. The van der Waals surface area contributed by atoms with Gasteiger partial charge in [0.15, 0.2) is 0 Å². The largest absolute Gasteiger partial charge is 0.0952 e. The normalized spacial score (nSPS) is 12.5. The molecule has 0 saturated carbocycles. The molecule has 0 amide bonds. The topological polar surface area (TPSA) is 0 Å². The monoisotopic (exact) mass is 294 g/mol. The summed E-state index contributed by atoms with van der Waals surface area (Å²) in [4.78, 5) is 0. The molecule has 0 aliphatic carbocycles. The minimum Gasteiger partial charge on any atom is -0.0952 e. The number of unbranched alkanes of at least 4 members (excludes halogenated alkanes) is 1. The smallest absolute Gasteiger partial charge is 0.0181 e. The molecule has 0 radical (unpaired) electrons. The minimum atomic E-state index is 0.737. The number of aryl methyl sites for hydroxylation is 1. The van der Waals surface area contributed by atoms with Gasteiger partial charge >= 0.3 is 0 Å². The molecule has 0 heterocycles. The first-order valence-electron chi connectivity index (χ1n) is 6.49. The lowest BCUT2D eigenvalue weighted by Gasteiger charge is -2.15. The van der Waals surface area contributed by atoms with Gasteiger partial charge in [0.25, 0.3) is 0 Å². The second-order valence-electron chi connectivity index (χ2n) is 5.01. The van der Waals surface area contributed by atoms with Gasteiger partial charge in [-0.3, -0.25) is 0 Å². The van der Waals surface area contributed by atoms with Gasteiger partial charge < -0.3 is 0 Å². The quantitative estimate of drug-likeness (QED) is 0.605. The van der Waals surface area contributed by atoms with Crippen molar-refractivity contribution in [2.24, 2.45) is 5.92 Å². The van der Waals surface area contributed by atoms with Crippen LogP contribution in [0.3, 0.4) is 0 Å². The van der Waals surface area contributed by atoms with Crippen molar-refractivity contribution in [2.45, 2.75) is 46.5 Å². The van der Waals surface area contributed by atoms with Crippen LogP contribution in [0.2, 0.25) is 0 Å². The van der Waals surface area contributed by atoms with E-state index in [0.717, 1.165) is 16.8 Å². The Morgan fingerprint density at radius 2 is 2.12 bits per heavy atom. The lowest BCUT2D eigenvalue weighted by molar-refractivity contribution is 0.517. The Balaban J connectivity index is 2.66. The summed E-state index contributed by atoms with van der Waals surface area (Å²) in [6.07, 6.45) is 5.03. The Morgan fingerprint density at radius 3 is 2.76 bits per heavy atom. The molecule has 1 rings (SSSR count). The summed E-state index contributed by atoms with van der Waals surface area (Å²) in [6, 6.07) is 6.43. The maximum atomic E-state index is 4.25. The van der Waals surface area contributed by atoms with E-state index in [1.807, 2.05) is 0 Å². The molecule has 0 bridgehead atoms. The molecule has 1 unspecified atom stereocenters. The van der Waals surface area contributed by atoms with Crippen LogP contribution >= 0.6 is 15.9 Å². The van der Waals surface area contributed by atoms with Gasteiger partial charge in [0.05, 0.1) is 0 Å². The minimum absolute atomic E-state index is 0.737. The van der Waals surface area contributed by atoms with Gasteiger partial charge in [0, 0.05) is 4.47 Å². The highest BCUT2D eigenvalue weighted by atomic mass is 79.9. The van der Waals surface area contributed by atoms with Crippen molar-refractivity contribution in [1.29, 1.82) is 0 Å². The average molecular weight is 295 g/mol. The van der Waals surface area contributed by atoms with Crippen molar-refractivity contribution >= 4 is 21.5 Å². The third kappa shape index (κ3) is 4.67. The molecule has 0 aliphatic rings. The maximum absolute atomic E-state index is 4.25. The lowest BCUT2D eigenvalue weighted by atomic mass is 9.91. The van der Waals surface area contributed by atoms with Crippen molar-refractivity contribution in [3.63, 3.8) is 0 Å². The molecule has 0 aromatic heterocycles. The predicted molar refractivity (Wildman–Crippen MR) is 81.2 cm³/mol. The second kappa shape index (κ2) is 7.00. The van der Waals surface area contributed by atoms with Crippen LogP contribution in [0.5, 0.6) is 0 Å². The summed E-state index contributed by atoms with van der Waals surface area (Å²) in [6.45, 7) is 11.0. The summed E-state index contributed by atoms with van der Waals surface area (Å²) in [5, 5.41) is 0. The van der Waals surface area contributed by atoms with Crippen molar-refractivity contribution < 1.29 is 0 Å². The van der Waals surface area contributed by atoms with E-state index < -0.39 is 0 Å². The summed E-state index contributed by atoms with van der Waals surface area (Å²) >= 11 is 3.53. The molecule has 0 spiro atoms. The SMILES string of the molecule is C=C(CC(C)CCCC)c1cc(Br)ccc1C. The molecule has 17 heavy (non-hydrogen) atoms. The molecular weight excluding hydrogens is 272 g/mol. The van der Waals surface area contributed by atoms with Crippen LogP contribution in [-0.4, -0.2) is 0 Å². The summed E-state index contributed by atoms with van der Waals surface area (Å²) in [5.41, 5.74) is 3.90. The third-order valence-corrected chi connectivity index (χ3v) is 3.72. The van der Waals surface area contributed by atoms with Gasteiger partial charge in [-0.1, -0.05) is 61.7 Å². The van der Waals surface area contributed by atoms with Gasteiger partial charge in [0.1, 0.15) is 0 Å². The van der Waals surface area contributed by atoms with E-state index in [4.69, 9.17) is 0 Å². The van der Waals surface area contributed by atoms with E-state index in [1.165, 1.54) is 36.0 Å². The lowest BCUT2D eigenvalue weighted by Crippen LogP contribution is -1.97. The average Bonchev–Trinajstić information content (AvgIpc) is 2.29. The first-order valence-corrected chi connectivity index (χ1v) is 7.28. The Morgan fingerprint density at radius 1 is 1.41 bits per heavy atom. The maximum Gasteiger partial charge on any atom is 0.0181 e. The zero-order chi connectivity index (χ0) is 12.8. The highest BCUT2D eigenvalue weighted by Gasteiger charge is 2.08. The Labute approximate surface area is 114 Å². The molecule has 0 saturated heterocycles. The number of hydrogen-bond acceptors (Lipinski definition) is 0. The molecule has 0 nitrogen and oxygen atoms in total. The molecular formula is C16H23Br. The Kier molecular flexibility index (Phi) is 5.97. The van der Waals surface area contributed by atoms with Crippen LogP contribution in [0.25, 0.3) is 5.57 Å². The van der Waals surface area contributed by atoms with Crippen LogP contribution in [0.4, 0.5) is 0 Å². The zero-order valence-electron chi connectivity index (χ0n) is 11.2. The third-order valence-electron chi connectivity index (χ3n) is 3.23. The molecule has 1 atom stereocenters.